The Morgan fingerprint density at radius 1 is 1.44 bits per heavy atom. The summed E-state index contributed by atoms with van der Waals surface area (Å²) in [6.07, 6.45) is 0.856. The Labute approximate surface area is 95.5 Å². The van der Waals surface area contributed by atoms with Gasteiger partial charge in [0.25, 0.3) is 0 Å². The van der Waals surface area contributed by atoms with Gasteiger partial charge in [-0.3, -0.25) is 4.79 Å². The van der Waals surface area contributed by atoms with Crippen molar-refractivity contribution < 1.29 is 19.1 Å². The SMILES string of the molecule is CCOC(=O)C(=O)NC1CC(OC)C1(C)C. The average molecular weight is 229 g/mol. The number of nitrogens with one attached hydrogen (secondary N) is 1. The zero-order valence-corrected chi connectivity index (χ0v) is 10.2. The number of hydrogen-bond donors (Lipinski definition) is 1. The lowest BCUT2D eigenvalue weighted by Crippen LogP contribution is -2.62. The van der Waals surface area contributed by atoms with Gasteiger partial charge in [0.1, 0.15) is 0 Å². The minimum Gasteiger partial charge on any atom is -0.459 e. The second kappa shape index (κ2) is 4.82. The van der Waals surface area contributed by atoms with Gasteiger partial charge in [-0.05, 0) is 13.3 Å². The number of carbonyl (C=O) groups is 2. The Kier molecular flexibility index (Phi) is 3.91. The fraction of sp³-hybridized carbons (Fsp3) is 0.818. The summed E-state index contributed by atoms with van der Waals surface area (Å²) in [6.45, 7) is 5.88. The first-order chi connectivity index (χ1) is 7.43. The van der Waals surface area contributed by atoms with E-state index in [1.165, 1.54) is 0 Å². The van der Waals surface area contributed by atoms with Gasteiger partial charge < -0.3 is 14.8 Å². The topological polar surface area (TPSA) is 64.6 Å². The highest BCUT2D eigenvalue weighted by atomic mass is 16.5. The van der Waals surface area contributed by atoms with Crippen molar-refractivity contribution in [3.05, 3.63) is 0 Å². The molecule has 2 unspecified atom stereocenters. The molecule has 0 aromatic carbocycles. The largest absolute Gasteiger partial charge is 0.459 e. The van der Waals surface area contributed by atoms with Gasteiger partial charge in [0, 0.05) is 18.6 Å². The van der Waals surface area contributed by atoms with Crippen LogP contribution in [0, 0.1) is 5.41 Å². The van der Waals surface area contributed by atoms with Crippen molar-refractivity contribution in [1.82, 2.24) is 5.32 Å². The lowest BCUT2D eigenvalue weighted by atomic mass is 9.64. The normalized spacial score (nSPS) is 26.8. The smallest absolute Gasteiger partial charge is 0.396 e. The highest BCUT2D eigenvalue weighted by Crippen LogP contribution is 2.42. The summed E-state index contributed by atoms with van der Waals surface area (Å²) >= 11 is 0. The average Bonchev–Trinajstić information content (AvgIpc) is 2.23. The fourth-order valence-corrected chi connectivity index (χ4v) is 1.94. The summed E-state index contributed by atoms with van der Waals surface area (Å²) in [4.78, 5) is 22.5. The van der Waals surface area contributed by atoms with Gasteiger partial charge >= 0.3 is 11.9 Å². The summed E-state index contributed by atoms with van der Waals surface area (Å²) in [5.74, 6) is -1.49. The number of methoxy groups -OCH3 is 1. The van der Waals surface area contributed by atoms with E-state index in [1.807, 2.05) is 13.8 Å². The molecule has 0 spiro atoms. The van der Waals surface area contributed by atoms with Crippen molar-refractivity contribution in [1.29, 1.82) is 0 Å². The highest BCUT2D eigenvalue weighted by molar-refractivity contribution is 6.32. The van der Waals surface area contributed by atoms with Crippen LogP contribution in [-0.4, -0.2) is 37.7 Å². The van der Waals surface area contributed by atoms with Crippen LogP contribution in [0.3, 0.4) is 0 Å². The second-order valence-corrected chi connectivity index (χ2v) is 4.53. The first-order valence-corrected chi connectivity index (χ1v) is 5.43. The van der Waals surface area contributed by atoms with Crippen LogP contribution in [0.2, 0.25) is 0 Å². The number of carbonyl (C=O) groups excluding carboxylic acids is 2. The quantitative estimate of drug-likeness (QED) is 0.564. The van der Waals surface area contributed by atoms with Crippen LogP contribution in [0.5, 0.6) is 0 Å². The van der Waals surface area contributed by atoms with E-state index in [9.17, 15) is 9.59 Å². The van der Waals surface area contributed by atoms with E-state index in [4.69, 9.17) is 4.74 Å². The first-order valence-electron chi connectivity index (χ1n) is 5.43. The summed E-state index contributed by atoms with van der Waals surface area (Å²) < 4.78 is 9.87. The van der Waals surface area contributed by atoms with Gasteiger partial charge in [-0.1, -0.05) is 13.8 Å². The van der Waals surface area contributed by atoms with Crippen LogP contribution in [0.4, 0.5) is 0 Å². The molecule has 1 aliphatic carbocycles. The van der Waals surface area contributed by atoms with E-state index in [2.05, 4.69) is 10.1 Å². The molecule has 0 heterocycles. The summed E-state index contributed by atoms with van der Waals surface area (Å²) in [6, 6.07) is -0.0330. The molecule has 5 heteroatoms. The zero-order chi connectivity index (χ0) is 12.3. The third kappa shape index (κ3) is 2.35. The predicted molar refractivity (Wildman–Crippen MR) is 57.8 cm³/mol. The van der Waals surface area contributed by atoms with Crippen LogP contribution in [0.25, 0.3) is 0 Å². The van der Waals surface area contributed by atoms with Crippen LogP contribution < -0.4 is 5.32 Å². The van der Waals surface area contributed by atoms with Crippen molar-refractivity contribution in [3.8, 4) is 0 Å². The number of rotatable bonds is 3. The van der Waals surface area contributed by atoms with Gasteiger partial charge in [0.15, 0.2) is 0 Å². The molecule has 1 rings (SSSR count). The van der Waals surface area contributed by atoms with Crippen molar-refractivity contribution >= 4 is 11.9 Å². The van der Waals surface area contributed by atoms with Crippen molar-refractivity contribution in [2.45, 2.75) is 39.3 Å². The van der Waals surface area contributed by atoms with E-state index in [-0.39, 0.29) is 24.2 Å². The number of esters is 1. The van der Waals surface area contributed by atoms with Crippen molar-refractivity contribution in [2.24, 2.45) is 5.41 Å². The monoisotopic (exact) mass is 229 g/mol. The number of hydrogen-bond acceptors (Lipinski definition) is 4. The molecule has 1 fully saturated rings. The Hall–Kier alpha value is -1.10. The Balaban J connectivity index is 2.46. The van der Waals surface area contributed by atoms with Crippen LogP contribution >= 0.6 is 0 Å². The lowest BCUT2D eigenvalue weighted by molar-refractivity contribution is -0.158. The fourth-order valence-electron chi connectivity index (χ4n) is 1.94. The molecule has 1 amide bonds. The molecule has 92 valence electrons. The van der Waals surface area contributed by atoms with E-state index >= 15 is 0 Å². The molecule has 16 heavy (non-hydrogen) atoms. The predicted octanol–water partition coefficient (Wildman–Crippen LogP) is 0.479. The Morgan fingerprint density at radius 2 is 2.06 bits per heavy atom. The van der Waals surface area contributed by atoms with Gasteiger partial charge in [-0.2, -0.15) is 0 Å². The zero-order valence-electron chi connectivity index (χ0n) is 10.2. The van der Waals surface area contributed by atoms with E-state index in [0.717, 1.165) is 6.42 Å². The van der Waals surface area contributed by atoms with Gasteiger partial charge in [0.2, 0.25) is 0 Å². The third-order valence-corrected chi connectivity index (χ3v) is 3.23. The van der Waals surface area contributed by atoms with Gasteiger partial charge in [0.05, 0.1) is 12.7 Å². The van der Waals surface area contributed by atoms with E-state index in [1.54, 1.807) is 14.0 Å². The maximum absolute atomic E-state index is 11.4. The minimum absolute atomic E-state index is 0.0330. The molecule has 0 aromatic rings. The van der Waals surface area contributed by atoms with Crippen LogP contribution in [0.1, 0.15) is 27.2 Å². The summed E-state index contributed by atoms with van der Waals surface area (Å²) in [7, 11) is 1.65. The van der Waals surface area contributed by atoms with Gasteiger partial charge in [-0.25, -0.2) is 4.79 Å². The molecular weight excluding hydrogens is 210 g/mol. The maximum Gasteiger partial charge on any atom is 0.396 e. The van der Waals surface area contributed by atoms with Gasteiger partial charge in [-0.15, -0.1) is 0 Å². The van der Waals surface area contributed by atoms with Crippen molar-refractivity contribution in [2.75, 3.05) is 13.7 Å². The standard InChI is InChI=1S/C11H19NO4/c1-5-16-10(14)9(13)12-7-6-8(15-4)11(7,2)3/h7-8H,5-6H2,1-4H3,(H,12,13). The Bertz CT molecular complexity index is 288. The Morgan fingerprint density at radius 3 is 2.50 bits per heavy atom. The minimum atomic E-state index is -0.820. The van der Waals surface area contributed by atoms with E-state index < -0.39 is 11.9 Å². The van der Waals surface area contributed by atoms with E-state index in [0.29, 0.717) is 0 Å². The molecule has 0 bridgehead atoms. The number of ether oxygens (including phenoxy) is 2. The molecule has 1 saturated carbocycles. The van der Waals surface area contributed by atoms with Crippen LogP contribution in [0.15, 0.2) is 0 Å². The highest BCUT2D eigenvalue weighted by Gasteiger charge is 2.49. The molecule has 1 aliphatic rings. The first kappa shape index (κ1) is 13.0. The number of amides is 1. The summed E-state index contributed by atoms with van der Waals surface area (Å²) in [5, 5.41) is 2.66. The summed E-state index contributed by atoms with van der Waals surface area (Å²) in [5.41, 5.74) is -0.142. The molecule has 0 radical (unpaired) electrons. The molecule has 1 N–H and O–H groups in total. The molecule has 0 aliphatic heterocycles. The molecule has 0 aromatic heterocycles. The molecule has 0 saturated heterocycles. The molecule has 5 nitrogen and oxygen atoms in total. The lowest BCUT2D eigenvalue weighted by Gasteiger charge is -2.50. The molecular formula is C11H19NO4. The maximum atomic E-state index is 11.4. The molecule has 2 atom stereocenters. The van der Waals surface area contributed by atoms with Crippen LogP contribution in [-0.2, 0) is 19.1 Å². The third-order valence-electron chi connectivity index (χ3n) is 3.23. The second-order valence-electron chi connectivity index (χ2n) is 4.53. The van der Waals surface area contributed by atoms with Crippen molar-refractivity contribution in [3.63, 3.8) is 0 Å².